The van der Waals surface area contributed by atoms with Crippen LogP contribution in [0.3, 0.4) is 0 Å². The van der Waals surface area contributed by atoms with Crippen LogP contribution in [0.1, 0.15) is 11.1 Å². The number of nitrogens with zero attached hydrogens (tertiary/aromatic N) is 3. The van der Waals surface area contributed by atoms with Crippen LogP contribution in [0.25, 0.3) is 0 Å². The van der Waals surface area contributed by atoms with E-state index in [1.54, 1.807) is 6.20 Å². The maximum Gasteiger partial charge on any atom is 0.211 e. The van der Waals surface area contributed by atoms with Crippen LogP contribution in [0, 0.1) is 0 Å². The highest BCUT2D eigenvalue weighted by Crippen LogP contribution is 2.07. The van der Waals surface area contributed by atoms with Crippen molar-refractivity contribution in [3.63, 3.8) is 0 Å². The molecular weight excluding hydrogens is 362 g/mol. The Morgan fingerprint density at radius 2 is 1.67 bits per heavy atom. The Labute approximate surface area is 162 Å². The first-order valence-corrected chi connectivity index (χ1v) is 10.9. The number of pyridine rings is 1. The van der Waals surface area contributed by atoms with Gasteiger partial charge in [-0.3, -0.25) is 4.98 Å². The monoisotopic (exact) mass is 391 g/mol. The molecule has 6 nitrogen and oxygen atoms in total. The molecule has 27 heavy (non-hydrogen) atoms. The number of rotatable bonds is 11. The Kier molecular flexibility index (Phi) is 8.37. The second-order valence-electron chi connectivity index (χ2n) is 6.88. The third-order valence-corrected chi connectivity index (χ3v) is 5.67. The van der Waals surface area contributed by atoms with Crippen LogP contribution in [0.15, 0.2) is 54.9 Å². The number of aliphatic hydroxyl groups is 1. The van der Waals surface area contributed by atoms with Crippen LogP contribution < -0.4 is 0 Å². The molecule has 1 unspecified atom stereocenters. The molecule has 0 spiro atoms. The summed E-state index contributed by atoms with van der Waals surface area (Å²) >= 11 is 0. The van der Waals surface area contributed by atoms with Gasteiger partial charge in [0.15, 0.2) is 0 Å². The topological polar surface area (TPSA) is 73.7 Å². The second kappa shape index (κ2) is 10.5. The zero-order valence-corrected chi connectivity index (χ0v) is 16.8. The molecule has 1 aromatic carbocycles. The molecule has 0 aliphatic heterocycles. The van der Waals surface area contributed by atoms with Gasteiger partial charge in [-0.1, -0.05) is 36.4 Å². The van der Waals surface area contributed by atoms with Crippen LogP contribution >= 0.6 is 0 Å². The fourth-order valence-electron chi connectivity index (χ4n) is 2.90. The molecule has 1 atom stereocenters. The summed E-state index contributed by atoms with van der Waals surface area (Å²) in [7, 11) is -1.45. The Balaban J connectivity index is 1.82. The summed E-state index contributed by atoms with van der Waals surface area (Å²) in [6, 6.07) is 13.7. The lowest BCUT2D eigenvalue weighted by Crippen LogP contribution is -2.42. The average Bonchev–Trinajstić information content (AvgIpc) is 2.64. The summed E-state index contributed by atoms with van der Waals surface area (Å²) in [4.78, 5) is 6.10. The zero-order valence-electron chi connectivity index (χ0n) is 16.0. The van der Waals surface area contributed by atoms with E-state index in [9.17, 15) is 13.5 Å². The van der Waals surface area contributed by atoms with Gasteiger partial charge in [0, 0.05) is 38.6 Å². The summed E-state index contributed by atoms with van der Waals surface area (Å²) in [5.74, 6) is 0. The van der Waals surface area contributed by atoms with Gasteiger partial charge in [0.1, 0.15) is 0 Å². The maximum absolute atomic E-state index is 12.1. The van der Waals surface area contributed by atoms with E-state index in [2.05, 4.69) is 4.98 Å². The predicted molar refractivity (Wildman–Crippen MR) is 108 cm³/mol. The van der Waals surface area contributed by atoms with Gasteiger partial charge in [0.2, 0.25) is 10.0 Å². The lowest BCUT2D eigenvalue weighted by atomic mass is 10.1. The molecule has 0 radical (unpaired) electrons. The first-order chi connectivity index (χ1) is 12.8. The number of hydrogen-bond donors (Lipinski definition) is 1. The van der Waals surface area contributed by atoms with Gasteiger partial charge in [0.05, 0.1) is 12.4 Å². The Morgan fingerprint density at radius 3 is 2.30 bits per heavy atom. The lowest BCUT2D eigenvalue weighted by molar-refractivity contribution is 0.106. The van der Waals surface area contributed by atoms with Gasteiger partial charge in [-0.15, -0.1) is 0 Å². The molecule has 1 heterocycles. The van der Waals surface area contributed by atoms with Crippen LogP contribution in [0.4, 0.5) is 0 Å². The van der Waals surface area contributed by atoms with Gasteiger partial charge in [0.25, 0.3) is 0 Å². The van der Waals surface area contributed by atoms with Gasteiger partial charge < -0.3 is 10.0 Å². The van der Waals surface area contributed by atoms with E-state index in [0.717, 1.165) is 24.1 Å². The lowest BCUT2D eigenvalue weighted by Gasteiger charge is -2.26. The fourth-order valence-corrected chi connectivity index (χ4v) is 3.77. The summed E-state index contributed by atoms with van der Waals surface area (Å²) in [5.41, 5.74) is 2.22. The minimum absolute atomic E-state index is 0.100. The van der Waals surface area contributed by atoms with Crippen molar-refractivity contribution in [1.29, 1.82) is 0 Å². The number of likely N-dealkylation sites (N-methyl/N-ethyl adjacent to an activating group) is 1. The van der Waals surface area contributed by atoms with Crippen molar-refractivity contribution in [2.45, 2.75) is 18.9 Å². The first-order valence-electron chi connectivity index (χ1n) is 9.09. The minimum Gasteiger partial charge on any atom is -0.390 e. The first kappa shape index (κ1) is 21.5. The van der Waals surface area contributed by atoms with Crippen molar-refractivity contribution >= 4 is 10.0 Å². The smallest absolute Gasteiger partial charge is 0.211 e. The summed E-state index contributed by atoms with van der Waals surface area (Å²) in [6.45, 7) is 1.64. The van der Waals surface area contributed by atoms with E-state index < -0.39 is 16.1 Å². The second-order valence-corrected chi connectivity index (χ2v) is 8.87. The molecule has 1 N–H and O–H groups in total. The number of aromatic nitrogens is 1. The van der Waals surface area contributed by atoms with Gasteiger partial charge in [-0.25, -0.2) is 8.42 Å². The van der Waals surface area contributed by atoms with Gasteiger partial charge in [-0.2, -0.15) is 4.31 Å². The van der Waals surface area contributed by atoms with Crippen LogP contribution in [-0.2, 0) is 22.9 Å². The molecule has 0 saturated heterocycles. The standard InChI is InChI=1S/C20H29N3O3S/c1-22(13-10-19-9-6-12-21-15-19)16-20(24)17-23(27(2,25)26)14-11-18-7-4-3-5-8-18/h3-9,12,15,20,24H,10-11,13-14,16-17H2,1-2H3. The molecule has 0 aliphatic carbocycles. The molecule has 148 valence electrons. The highest BCUT2D eigenvalue weighted by atomic mass is 32.2. The molecule has 0 amide bonds. The van der Waals surface area contributed by atoms with Gasteiger partial charge >= 0.3 is 0 Å². The zero-order chi connectivity index (χ0) is 19.7. The van der Waals surface area contributed by atoms with Crippen molar-refractivity contribution in [3.8, 4) is 0 Å². The quantitative estimate of drug-likeness (QED) is 0.627. The number of hydrogen-bond acceptors (Lipinski definition) is 5. The van der Waals surface area contributed by atoms with Crippen LogP contribution in [0.5, 0.6) is 0 Å². The maximum atomic E-state index is 12.1. The Hall–Kier alpha value is -1.80. The van der Waals surface area contributed by atoms with E-state index >= 15 is 0 Å². The summed E-state index contributed by atoms with van der Waals surface area (Å²) in [6.07, 6.45) is 5.48. The molecule has 0 bridgehead atoms. The molecular formula is C20H29N3O3S. The number of sulfonamides is 1. The number of aliphatic hydroxyl groups excluding tert-OH is 1. The predicted octanol–water partition coefficient (Wildman–Crippen LogP) is 1.42. The van der Waals surface area contributed by atoms with Gasteiger partial charge in [-0.05, 0) is 37.1 Å². The minimum atomic E-state index is -3.37. The highest BCUT2D eigenvalue weighted by Gasteiger charge is 2.21. The third-order valence-electron chi connectivity index (χ3n) is 4.40. The molecule has 0 fully saturated rings. The largest absolute Gasteiger partial charge is 0.390 e. The van der Waals surface area contributed by atoms with E-state index in [1.807, 2.05) is 60.6 Å². The molecule has 2 rings (SSSR count). The molecule has 2 aromatic rings. The Morgan fingerprint density at radius 1 is 1.00 bits per heavy atom. The summed E-state index contributed by atoms with van der Waals surface area (Å²) in [5, 5.41) is 10.4. The van der Waals surface area contributed by atoms with E-state index in [1.165, 1.54) is 10.6 Å². The third kappa shape index (κ3) is 8.17. The summed E-state index contributed by atoms with van der Waals surface area (Å²) < 4.78 is 25.5. The average molecular weight is 392 g/mol. The Bertz CT molecular complexity index is 770. The van der Waals surface area contributed by atoms with Crippen molar-refractivity contribution in [1.82, 2.24) is 14.2 Å². The molecule has 7 heteroatoms. The van der Waals surface area contributed by atoms with Crippen LogP contribution in [-0.4, -0.2) is 73.3 Å². The normalized spacial score (nSPS) is 13.2. The van der Waals surface area contributed by atoms with Crippen molar-refractivity contribution < 1.29 is 13.5 Å². The molecule has 0 aliphatic rings. The van der Waals surface area contributed by atoms with Crippen molar-refractivity contribution in [2.24, 2.45) is 0 Å². The van der Waals surface area contributed by atoms with Crippen molar-refractivity contribution in [3.05, 3.63) is 66.0 Å². The van der Waals surface area contributed by atoms with Crippen LogP contribution in [0.2, 0.25) is 0 Å². The SMILES string of the molecule is CN(CCc1cccnc1)CC(O)CN(CCc1ccccc1)S(C)(=O)=O. The molecule has 1 aromatic heterocycles. The van der Waals surface area contributed by atoms with E-state index in [0.29, 0.717) is 19.5 Å². The van der Waals surface area contributed by atoms with E-state index in [4.69, 9.17) is 0 Å². The van der Waals surface area contributed by atoms with E-state index in [-0.39, 0.29) is 6.54 Å². The number of benzene rings is 1. The van der Waals surface area contributed by atoms with Crippen molar-refractivity contribution in [2.75, 3.05) is 39.5 Å². The fraction of sp³-hybridized carbons (Fsp3) is 0.450. The molecule has 0 saturated carbocycles. The highest BCUT2D eigenvalue weighted by molar-refractivity contribution is 7.88.